The summed E-state index contributed by atoms with van der Waals surface area (Å²) in [6, 6.07) is 5.76. The van der Waals surface area contributed by atoms with Gasteiger partial charge in [0, 0.05) is 32.7 Å². The lowest BCUT2D eigenvalue weighted by molar-refractivity contribution is 0.647. The number of pyridine rings is 1. The van der Waals surface area contributed by atoms with Crippen molar-refractivity contribution < 1.29 is 0 Å². The molecule has 1 aliphatic heterocycles. The molecule has 4 rings (SSSR count). The Hall–Kier alpha value is -3.21. The predicted octanol–water partition coefficient (Wildman–Crippen LogP) is 1.44. The molecule has 0 unspecified atom stereocenters. The van der Waals surface area contributed by atoms with Crippen LogP contribution in [-0.2, 0) is 6.54 Å². The van der Waals surface area contributed by atoms with Crippen LogP contribution in [-0.4, -0.2) is 50.7 Å². The van der Waals surface area contributed by atoms with Gasteiger partial charge in [-0.1, -0.05) is 0 Å². The molecule has 1 saturated heterocycles. The third-order valence-corrected chi connectivity index (χ3v) is 4.53. The van der Waals surface area contributed by atoms with E-state index in [1.165, 1.54) is 0 Å². The van der Waals surface area contributed by atoms with Gasteiger partial charge in [-0.3, -0.25) is 0 Å². The minimum Gasteiger partial charge on any atom is -0.367 e. The normalized spacial score (nSPS) is 14.7. The van der Waals surface area contributed by atoms with Gasteiger partial charge in [-0.15, -0.1) is 0 Å². The van der Waals surface area contributed by atoms with E-state index in [4.69, 9.17) is 5.26 Å². The standard InChI is InChI=1S/C17H18N8/c1-2-23-12-22-15-16(23)20-11-21-17(15)25-7-5-24(6-8-25)14-4-3-13(9-18)19-10-14/h3-4,10-12H,2,5-8H2,1H3. The Morgan fingerprint density at radius 1 is 1.04 bits per heavy atom. The molecule has 0 N–H and O–H groups in total. The monoisotopic (exact) mass is 334 g/mol. The number of anilines is 2. The van der Waals surface area contributed by atoms with Crippen LogP contribution in [0.1, 0.15) is 12.6 Å². The molecule has 8 heteroatoms. The van der Waals surface area contributed by atoms with Crippen molar-refractivity contribution in [3.63, 3.8) is 0 Å². The van der Waals surface area contributed by atoms with E-state index in [1.807, 2.05) is 23.0 Å². The minimum absolute atomic E-state index is 0.442. The number of nitriles is 1. The number of fused-ring (bicyclic) bond motifs is 1. The zero-order valence-electron chi connectivity index (χ0n) is 14.0. The third-order valence-electron chi connectivity index (χ3n) is 4.53. The van der Waals surface area contributed by atoms with Gasteiger partial charge >= 0.3 is 0 Å². The number of aromatic nitrogens is 5. The Kier molecular flexibility index (Phi) is 3.90. The quantitative estimate of drug-likeness (QED) is 0.716. The molecular formula is C17H18N8. The number of hydrogen-bond acceptors (Lipinski definition) is 7. The fourth-order valence-electron chi connectivity index (χ4n) is 3.15. The Morgan fingerprint density at radius 2 is 1.84 bits per heavy atom. The fraction of sp³-hybridized carbons (Fsp3) is 0.353. The molecule has 126 valence electrons. The summed E-state index contributed by atoms with van der Waals surface area (Å²) in [6.07, 6.45) is 5.20. The molecule has 0 amide bonds. The average molecular weight is 334 g/mol. The number of rotatable bonds is 3. The first-order valence-corrected chi connectivity index (χ1v) is 8.32. The number of hydrogen-bond donors (Lipinski definition) is 0. The Labute approximate surface area is 145 Å². The number of aryl methyl sites for hydroxylation is 1. The highest BCUT2D eigenvalue weighted by atomic mass is 15.3. The van der Waals surface area contributed by atoms with E-state index in [9.17, 15) is 0 Å². The number of imidazole rings is 1. The van der Waals surface area contributed by atoms with Crippen LogP contribution in [0.3, 0.4) is 0 Å². The van der Waals surface area contributed by atoms with Crippen molar-refractivity contribution in [3.05, 3.63) is 36.7 Å². The molecule has 0 saturated carbocycles. The molecule has 25 heavy (non-hydrogen) atoms. The van der Waals surface area contributed by atoms with Crippen LogP contribution in [0, 0.1) is 11.3 Å². The molecule has 0 radical (unpaired) electrons. The van der Waals surface area contributed by atoms with E-state index in [0.29, 0.717) is 5.69 Å². The molecule has 8 nitrogen and oxygen atoms in total. The van der Waals surface area contributed by atoms with Crippen molar-refractivity contribution in [2.45, 2.75) is 13.5 Å². The second-order valence-electron chi connectivity index (χ2n) is 5.89. The van der Waals surface area contributed by atoms with Gasteiger partial charge in [0.15, 0.2) is 17.0 Å². The Morgan fingerprint density at radius 3 is 2.52 bits per heavy atom. The van der Waals surface area contributed by atoms with Crippen LogP contribution in [0.5, 0.6) is 0 Å². The van der Waals surface area contributed by atoms with E-state index in [1.54, 1.807) is 18.6 Å². The topological polar surface area (TPSA) is 86.8 Å². The molecule has 0 aliphatic carbocycles. The summed E-state index contributed by atoms with van der Waals surface area (Å²) in [5, 5.41) is 8.85. The SMILES string of the molecule is CCn1cnc2c(N3CCN(c4ccc(C#N)nc4)CC3)ncnc21. The van der Waals surface area contributed by atoms with Crippen LogP contribution < -0.4 is 9.80 Å². The molecule has 1 aliphatic rings. The van der Waals surface area contributed by atoms with Crippen LogP contribution in [0.4, 0.5) is 11.5 Å². The summed E-state index contributed by atoms with van der Waals surface area (Å²) in [5.41, 5.74) is 3.23. The van der Waals surface area contributed by atoms with Gasteiger partial charge in [0.05, 0.1) is 18.2 Å². The van der Waals surface area contributed by atoms with Crippen molar-refractivity contribution in [2.24, 2.45) is 0 Å². The van der Waals surface area contributed by atoms with Gasteiger partial charge < -0.3 is 14.4 Å². The lowest BCUT2D eigenvalue weighted by atomic mass is 10.2. The summed E-state index contributed by atoms with van der Waals surface area (Å²) in [5.74, 6) is 0.898. The highest BCUT2D eigenvalue weighted by molar-refractivity contribution is 5.83. The first-order chi connectivity index (χ1) is 12.3. The van der Waals surface area contributed by atoms with E-state index < -0.39 is 0 Å². The first kappa shape index (κ1) is 15.3. The highest BCUT2D eigenvalue weighted by Gasteiger charge is 2.21. The number of piperazine rings is 1. The van der Waals surface area contributed by atoms with Crippen molar-refractivity contribution in [1.82, 2.24) is 24.5 Å². The molecule has 1 fully saturated rings. The second kappa shape index (κ2) is 6.36. The van der Waals surface area contributed by atoms with Gasteiger partial charge in [-0.2, -0.15) is 5.26 Å². The highest BCUT2D eigenvalue weighted by Crippen LogP contribution is 2.24. The Balaban J connectivity index is 1.52. The van der Waals surface area contributed by atoms with Gasteiger partial charge in [0.25, 0.3) is 0 Å². The smallest absolute Gasteiger partial charge is 0.165 e. The molecule has 0 aromatic carbocycles. The summed E-state index contributed by atoms with van der Waals surface area (Å²) < 4.78 is 2.03. The summed E-state index contributed by atoms with van der Waals surface area (Å²) in [7, 11) is 0. The van der Waals surface area contributed by atoms with Crippen LogP contribution >= 0.6 is 0 Å². The molecular weight excluding hydrogens is 316 g/mol. The Bertz CT molecular complexity index is 916. The van der Waals surface area contributed by atoms with Crippen molar-refractivity contribution in [3.8, 4) is 6.07 Å². The van der Waals surface area contributed by atoms with Crippen molar-refractivity contribution >= 4 is 22.7 Å². The lowest BCUT2D eigenvalue weighted by Crippen LogP contribution is -2.47. The van der Waals surface area contributed by atoms with E-state index in [-0.39, 0.29) is 0 Å². The van der Waals surface area contributed by atoms with Crippen LogP contribution in [0.2, 0.25) is 0 Å². The maximum Gasteiger partial charge on any atom is 0.165 e. The number of nitrogens with zero attached hydrogens (tertiary/aromatic N) is 8. The summed E-state index contributed by atoms with van der Waals surface area (Å²) in [4.78, 5) is 22.0. The van der Waals surface area contributed by atoms with E-state index in [0.717, 1.165) is 55.4 Å². The lowest BCUT2D eigenvalue weighted by Gasteiger charge is -2.36. The zero-order valence-corrected chi connectivity index (χ0v) is 14.0. The summed E-state index contributed by atoms with van der Waals surface area (Å²) in [6.45, 7) is 6.36. The molecule has 0 bridgehead atoms. The molecule has 3 aromatic heterocycles. The molecule has 3 aromatic rings. The molecule has 0 atom stereocenters. The van der Waals surface area contributed by atoms with E-state index in [2.05, 4.69) is 36.7 Å². The van der Waals surface area contributed by atoms with E-state index >= 15 is 0 Å². The van der Waals surface area contributed by atoms with Crippen LogP contribution in [0.25, 0.3) is 11.2 Å². The average Bonchev–Trinajstić information content (AvgIpc) is 3.11. The van der Waals surface area contributed by atoms with Crippen molar-refractivity contribution in [2.75, 3.05) is 36.0 Å². The largest absolute Gasteiger partial charge is 0.367 e. The summed E-state index contributed by atoms with van der Waals surface area (Å²) >= 11 is 0. The predicted molar refractivity (Wildman–Crippen MR) is 94.4 cm³/mol. The van der Waals surface area contributed by atoms with Crippen molar-refractivity contribution in [1.29, 1.82) is 5.26 Å². The maximum atomic E-state index is 8.85. The minimum atomic E-state index is 0.442. The molecule has 0 spiro atoms. The van der Waals surface area contributed by atoms with Gasteiger partial charge in [-0.25, -0.2) is 19.9 Å². The van der Waals surface area contributed by atoms with Gasteiger partial charge in [-0.05, 0) is 19.1 Å². The van der Waals surface area contributed by atoms with Crippen LogP contribution in [0.15, 0.2) is 31.0 Å². The van der Waals surface area contributed by atoms with Gasteiger partial charge in [0.2, 0.25) is 0 Å². The zero-order chi connectivity index (χ0) is 17.2. The third kappa shape index (κ3) is 2.74. The fourth-order valence-corrected chi connectivity index (χ4v) is 3.15. The first-order valence-electron chi connectivity index (χ1n) is 8.32. The maximum absolute atomic E-state index is 8.85. The second-order valence-corrected chi connectivity index (χ2v) is 5.89. The van der Waals surface area contributed by atoms with Gasteiger partial charge in [0.1, 0.15) is 18.1 Å². The molecule has 4 heterocycles.